The Morgan fingerprint density at radius 3 is 1.24 bits per heavy atom. The highest BCUT2D eigenvalue weighted by Crippen LogP contribution is 2.20. The first-order valence-corrected chi connectivity index (χ1v) is 21.2. The van der Waals surface area contributed by atoms with Crippen LogP contribution in [0.25, 0.3) is 45.5 Å². The lowest BCUT2D eigenvalue weighted by atomic mass is 10.1. The largest absolute Gasteiger partial charge is 0.478 e. The van der Waals surface area contributed by atoms with Gasteiger partial charge < -0.3 is 14.6 Å². The van der Waals surface area contributed by atoms with Crippen LogP contribution in [0.15, 0.2) is 165 Å². The molecule has 9 rings (SSSR count). The van der Waals surface area contributed by atoms with E-state index in [-0.39, 0.29) is 17.5 Å². The van der Waals surface area contributed by atoms with Crippen LogP contribution in [0.2, 0.25) is 0 Å². The standard InChI is InChI=1S/C17H15N3O2.C16H13N3O2.C10H9N3O2.C7H7I/c1-12-3-9-15(10-4-12)20-11-18-16(19-20)13-5-7-14(8-6-13)17(21)22-2;1-11-2-8-14(9-3-11)19-10-17-15(18-19)12-4-6-13(7-5-12)16(20)21;1-15-10(14)8-4-2-7(3-5-8)9-11-6-12-13-9;1-6-2-4-7(8)5-3-6/h3-11H,1-2H3;2-10H,1H3,(H,20,21);2-6H,1H3,(H,11,12,13);2-5H,1H3. The highest BCUT2D eigenvalue weighted by atomic mass is 127. The molecule has 0 bridgehead atoms. The van der Waals surface area contributed by atoms with E-state index in [0.29, 0.717) is 28.6 Å². The van der Waals surface area contributed by atoms with Gasteiger partial charge in [0.05, 0.1) is 42.3 Å². The van der Waals surface area contributed by atoms with Crippen molar-refractivity contribution >= 4 is 40.5 Å². The average molecular weight is 994 g/mol. The molecule has 0 radical (unpaired) electrons. The second-order valence-electron chi connectivity index (χ2n) is 14.3. The summed E-state index contributed by atoms with van der Waals surface area (Å²) >= 11 is 2.30. The van der Waals surface area contributed by atoms with Gasteiger partial charge in [0.25, 0.3) is 0 Å². The Labute approximate surface area is 394 Å². The Morgan fingerprint density at radius 1 is 0.515 bits per heavy atom. The van der Waals surface area contributed by atoms with Crippen LogP contribution < -0.4 is 0 Å². The number of aromatic nitrogens is 9. The highest BCUT2D eigenvalue weighted by Gasteiger charge is 2.11. The predicted octanol–water partition coefficient (Wildman–Crippen LogP) is 9.83. The molecule has 0 saturated carbocycles. The van der Waals surface area contributed by atoms with Crippen molar-refractivity contribution < 1.29 is 29.0 Å². The lowest BCUT2D eigenvalue weighted by molar-refractivity contribution is 0.0592. The van der Waals surface area contributed by atoms with Gasteiger partial charge in [-0.3, -0.25) is 5.10 Å². The van der Waals surface area contributed by atoms with Crippen LogP contribution >= 0.6 is 22.6 Å². The van der Waals surface area contributed by atoms with E-state index in [4.69, 9.17) is 5.11 Å². The van der Waals surface area contributed by atoms with E-state index in [1.54, 1.807) is 94.8 Å². The summed E-state index contributed by atoms with van der Waals surface area (Å²) in [5, 5.41) is 24.2. The number of aromatic carboxylic acids is 1. The Morgan fingerprint density at radius 2 is 0.894 bits per heavy atom. The van der Waals surface area contributed by atoms with Crippen LogP contribution in [-0.2, 0) is 9.47 Å². The van der Waals surface area contributed by atoms with E-state index in [1.165, 1.54) is 40.8 Å². The topological polar surface area (TPSA) is 193 Å². The summed E-state index contributed by atoms with van der Waals surface area (Å²) in [4.78, 5) is 46.0. The maximum Gasteiger partial charge on any atom is 0.337 e. The summed E-state index contributed by atoms with van der Waals surface area (Å²) in [6.07, 6.45) is 4.75. The van der Waals surface area contributed by atoms with Gasteiger partial charge in [0.1, 0.15) is 19.0 Å². The lowest BCUT2D eigenvalue weighted by Gasteiger charge is -2.01. The summed E-state index contributed by atoms with van der Waals surface area (Å²) in [6.45, 7) is 6.16. The van der Waals surface area contributed by atoms with Crippen molar-refractivity contribution in [3.05, 3.63) is 202 Å². The zero-order valence-electron chi connectivity index (χ0n) is 36.5. The maximum absolute atomic E-state index is 11.4. The first kappa shape index (κ1) is 47.4. The van der Waals surface area contributed by atoms with Crippen LogP contribution in [0.5, 0.6) is 0 Å². The summed E-state index contributed by atoms with van der Waals surface area (Å²) < 4.78 is 14.0. The number of aryl methyl sites for hydroxylation is 3. The molecule has 16 heteroatoms. The molecule has 0 atom stereocenters. The molecule has 3 heterocycles. The second-order valence-corrected chi connectivity index (χ2v) is 15.6. The molecule has 332 valence electrons. The second kappa shape index (κ2) is 23.0. The molecule has 2 N–H and O–H groups in total. The quantitative estimate of drug-likeness (QED) is 0.108. The Bertz CT molecular complexity index is 2930. The molecule has 0 amide bonds. The van der Waals surface area contributed by atoms with Gasteiger partial charge >= 0.3 is 17.9 Å². The lowest BCUT2D eigenvalue weighted by Crippen LogP contribution is -2.00. The minimum absolute atomic E-state index is 0.247. The molecule has 0 spiro atoms. The number of carboxylic acid groups (broad SMARTS) is 1. The summed E-state index contributed by atoms with van der Waals surface area (Å²) in [7, 11) is 2.72. The average Bonchev–Trinajstić information content (AvgIpc) is 4.18. The summed E-state index contributed by atoms with van der Waals surface area (Å²) in [6, 6.07) is 44.9. The van der Waals surface area contributed by atoms with Crippen molar-refractivity contribution in [3.8, 4) is 45.5 Å². The number of halogens is 1. The third kappa shape index (κ3) is 13.2. The Hall–Kier alpha value is -8.12. The van der Waals surface area contributed by atoms with Crippen LogP contribution in [-0.4, -0.2) is 81.9 Å². The van der Waals surface area contributed by atoms with Crippen LogP contribution in [0.3, 0.4) is 0 Å². The number of nitrogens with one attached hydrogen (secondary N) is 1. The zero-order valence-corrected chi connectivity index (χ0v) is 38.7. The zero-order chi connectivity index (χ0) is 47.0. The number of hydrogen-bond donors (Lipinski definition) is 2. The van der Waals surface area contributed by atoms with Gasteiger partial charge in [-0.2, -0.15) is 5.10 Å². The predicted molar refractivity (Wildman–Crippen MR) is 258 cm³/mol. The van der Waals surface area contributed by atoms with Gasteiger partial charge in [-0.05, 0) is 116 Å². The number of ether oxygens (including phenoxy) is 2. The first-order chi connectivity index (χ1) is 31.9. The van der Waals surface area contributed by atoms with E-state index in [9.17, 15) is 14.4 Å². The number of methoxy groups -OCH3 is 2. The molecule has 9 aromatic rings. The normalized spacial score (nSPS) is 10.2. The van der Waals surface area contributed by atoms with Crippen molar-refractivity contribution in [1.82, 2.24) is 44.7 Å². The summed E-state index contributed by atoms with van der Waals surface area (Å²) in [5.41, 5.74) is 9.36. The van der Waals surface area contributed by atoms with Gasteiger partial charge in [-0.15, -0.1) is 10.2 Å². The van der Waals surface area contributed by atoms with Gasteiger partial charge in [0.2, 0.25) is 0 Å². The van der Waals surface area contributed by atoms with Crippen LogP contribution in [0.1, 0.15) is 47.8 Å². The van der Waals surface area contributed by atoms with Crippen molar-refractivity contribution in [2.75, 3.05) is 14.2 Å². The fraction of sp³-hybridized carbons (Fsp3) is 0.100. The molecule has 6 aromatic carbocycles. The summed E-state index contributed by atoms with van der Waals surface area (Å²) in [5.74, 6) is 0.194. The number of benzene rings is 6. The van der Waals surface area contributed by atoms with Gasteiger partial charge in [-0.25, -0.2) is 38.7 Å². The molecule has 66 heavy (non-hydrogen) atoms. The number of rotatable bonds is 8. The number of carboxylic acids is 1. The molecule has 0 saturated heterocycles. The molecule has 0 aliphatic carbocycles. The third-order valence-corrected chi connectivity index (χ3v) is 10.3. The molecule has 0 fully saturated rings. The van der Waals surface area contributed by atoms with Gasteiger partial charge in [0.15, 0.2) is 17.5 Å². The van der Waals surface area contributed by atoms with Crippen molar-refractivity contribution in [2.45, 2.75) is 20.8 Å². The van der Waals surface area contributed by atoms with Crippen LogP contribution in [0.4, 0.5) is 0 Å². The maximum atomic E-state index is 11.4. The number of carbonyl (C=O) groups excluding carboxylic acids is 2. The minimum atomic E-state index is -0.945. The highest BCUT2D eigenvalue weighted by molar-refractivity contribution is 14.1. The SMILES string of the molecule is COC(=O)c1ccc(-c2ncn(-c3ccc(C)cc3)n2)cc1.COC(=O)c1ccc(-c2ncn[nH]2)cc1.Cc1ccc(-n2cnc(-c3ccc(C(=O)O)cc3)n2)cc1.Cc1ccc(I)cc1. The van der Waals surface area contributed by atoms with Gasteiger partial charge in [-0.1, -0.05) is 89.5 Å². The van der Waals surface area contributed by atoms with Gasteiger partial charge in [0, 0.05) is 20.3 Å². The van der Waals surface area contributed by atoms with Crippen molar-refractivity contribution in [2.24, 2.45) is 0 Å². The molecule has 0 unspecified atom stereocenters. The molecule has 15 nitrogen and oxygen atoms in total. The first-order valence-electron chi connectivity index (χ1n) is 20.2. The fourth-order valence-electron chi connectivity index (χ4n) is 5.83. The molecule has 0 aliphatic rings. The number of esters is 2. The molecular weight excluding hydrogens is 950 g/mol. The molecular formula is C50H44IN9O6. The van der Waals surface area contributed by atoms with E-state index in [0.717, 1.165) is 28.1 Å². The van der Waals surface area contributed by atoms with Crippen molar-refractivity contribution in [1.29, 1.82) is 0 Å². The molecule has 3 aromatic heterocycles. The Balaban J connectivity index is 0.000000153. The van der Waals surface area contributed by atoms with Crippen LogP contribution in [0, 0.1) is 24.3 Å². The van der Waals surface area contributed by atoms with Crippen molar-refractivity contribution in [3.63, 3.8) is 0 Å². The number of nitrogens with zero attached hydrogens (tertiary/aromatic N) is 8. The molecule has 0 aliphatic heterocycles. The third-order valence-electron chi connectivity index (χ3n) is 9.54. The smallest absolute Gasteiger partial charge is 0.337 e. The van der Waals surface area contributed by atoms with E-state index >= 15 is 0 Å². The monoisotopic (exact) mass is 993 g/mol. The fourth-order valence-corrected chi connectivity index (χ4v) is 6.19. The number of hydrogen-bond acceptors (Lipinski definition) is 11. The van der Waals surface area contributed by atoms with E-state index in [1.807, 2.05) is 62.4 Å². The number of carbonyl (C=O) groups is 3. The number of H-pyrrole nitrogens is 1. The van der Waals surface area contributed by atoms with E-state index < -0.39 is 5.97 Å². The van der Waals surface area contributed by atoms with E-state index in [2.05, 4.69) is 98.6 Å². The minimum Gasteiger partial charge on any atom is -0.478 e. The number of aromatic amines is 1. The Kier molecular flexibility index (Phi) is 16.5.